The topological polar surface area (TPSA) is 59.1 Å². The molecule has 0 saturated heterocycles. The highest BCUT2D eigenvalue weighted by Gasteiger charge is 2.34. The quantitative estimate of drug-likeness (QED) is 0.466. The van der Waals surface area contributed by atoms with Crippen LogP contribution in [0, 0.1) is 0 Å². The number of methoxy groups -OCH3 is 1. The Hall–Kier alpha value is -3.32. The summed E-state index contributed by atoms with van der Waals surface area (Å²) in [7, 11) is 1.61. The molecule has 2 aromatic carbocycles. The fourth-order valence-corrected chi connectivity index (χ4v) is 5.18. The zero-order chi connectivity index (χ0) is 24.1. The number of hydrogen-bond donors (Lipinski definition) is 0. The van der Waals surface area contributed by atoms with Crippen molar-refractivity contribution in [3.63, 3.8) is 0 Å². The predicted molar refractivity (Wildman–Crippen MR) is 134 cm³/mol. The van der Waals surface area contributed by atoms with Crippen molar-refractivity contribution in [1.82, 2.24) is 9.80 Å². The van der Waals surface area contributed by atoms with Gasteiger partial charge in [0, 0.05) is 23.0 Å². The lowest BCUT2D eigenvalue weighted by Gasteiger charge is -2.37. The summed E-state index contributed by atoms with van der Waals surface area (Å²) in [5.74, 6) is 1.08. The van der Waals surface area contributed by atoms with Gasteiger partial charge in [-0.3, -0.25) is 9.59 Å². The van der Waals surface area contributed by atoms with Crippen LogP contribution in [0.3, 0.4) is 0 Å². The molecule has 3 aromatic rings. The number of amides is 2. The average Bonchev–Trinajstić information content (AvgIpc) is 3.35. The molecule has 0 radical (unpaired) electrons. The van der Waals surface area contributed by atoms with Gasteiger partial charge < -0.3 is 19.3 Å². The van der Waals surface area contributed by atoms with Gasteiger partial charge in [-0.15, -0.1) is 11.3 Å². The van der Waals surface area contributed by atoms with Gasteiger partial charge in [0.05, 0.1) is 13.2 Å². The van der Waals surface area contributed by atoms with Gasteiger partial charge in [-0.2, -0.15) is 0 Å². The number of carbonyl (C=O) groups excluding carboxylic acids is 2. The molecule has 1 aliphatic rings. The first-order valence-electron chi connectivity index (χ1n) is 11.5. The van der Waals surface area contributed by atoms with E-state index >= 15 is 0 Å². The second-order valence-electron chi connectivity index (χ2n) is 8.51. The molecule has 0 saturated carbocycles. The van der Waals surface area contributed by atoms with E-state index in [-0.39, 0.29) is 30.4 Å². The van der Waals surface area contributed by atoms with Crippen LogP contribution in [-0.4, -0.2) is 54.5 Å². The molecular weight excluding hydrogens is 448 g/mol. The molecule has 1 aromatic heterocycles. The van der Waals surface area contributed by atoms with Crippen LogP contribution in [0.15, 0.2) is 66.0 Å². The Balaban J connectivity index is 1.54. The molecule has 0 bridgehead atoms. The lowest BCUT2D eigenvalue weighted by atomic mass is 10.00. The molecular formula is C27H30N2O4S. The molecule has 6 nitrogen and oxygen atoms in total. The summed E-state index contributed by atoms with van der Waals surface area (Å²) in [5.41, 5.74) is 1.70. The van der Waals surface area contributed by atoms with E-state index in [1.165, 1.54) is 4.88 Å². The fourth-order valence-electron chi connectivity index (χ4n) is 4.25. The Morgan fingerprint density at radius 3 is 2.47 bits per heavy atom. The van der Waals surface area contributed by atoms with Crippen LogP contribution >= 0.6 is 11.3 Å². The predicted octanol–water partition coefficient (Wildman–Crippen LogP) is 4.81. The number of carbonyl (C=O) groups is 2. The summed E-state index contributed by atoms with van der Waals surface area (Å²) < 4.78 is 11.6. The van der Waals surface area contributed by atoms with Gasteiger partial charge in [-0.05, 0) is 61.5 Å². The van der Waals surface area contributed by atoms with Gasteiger partial charge in [0.15, 0.2) is 11.5 Å². The zero-order valence-electron chi connectivity index (χ0n) is 19.8. The summed E-state index contributed by atoms with van der Waals surface area (Å²) in [5, 5.41) is 2.06. The molecule has 2 amide bonds. The number of para-hydroxylation sites is 2. The highest BCUT2D eigenvalue weighted by atomic mass is 32.1. The van der Waals surface area contributed by atoms with Crippen LogP contribution in [0.2, 0.25) is 0 Å². The van der Waals surface area contributed by atoms with Crippen molar-refractivity contribution in [2.75, 3.05) is 26.8 Å². The molecule has 1 aliphatic heterocycles. The van der Waals surface area contributed by atoms with Gasteiger partial charge in [-0.25, -0.2) is 0 Å². The minimum absolute atomic E-state index is 0.0238. The summed E-state index contributed by atoms with van der Waals surface area (Å²) in [6.45, 7) is 4.80. The van der Waals surface area contributed by atoms with Gasteiger partial charge >= 0.3 is 0 Å². The van der Waals surface area contributed by atoms with E-state index < -0.39 is 0 Å². The Labute approximate surface area is 204 Å². The number of nitrogens with zero attached hydrogens (tertiary/aromatic N) is 2. The average molecular weight is 479 g/mol. The highest BCUT2D eigenvalue weighted by molar-refractivity contribution is 7.10. The number of benzene rings is 2. The van der Waals surface area contributed by atoms with Crippen molar-refractivity contribution >= 4 is 23.2 Å². The standard InChI is InChI=1S/C27H30N2O4S/c1-19(2)29(27(31)20-9-5-4-6-10-20)17-26(30)28-15-13-25-21(14-16-34-25)22(28)18-33-24-12-8-7-11-23(24)32-3/h4-12,14,16,19,22H,13,15,17-18H2,1-3H3/t22-/m0/s1. The number of ether oxygens (including phenoxy) is 2. The Bertz CT molecular complexity index is 1130. The number of hydrogen-bond acceptors (Lipinski definition) is 5. The third-order valence-electron chi connectivity index (χ3n) is 6.09. The molecule has 2 heterocycles. The lowest BCUT2D eigenvalue weighted by molar-refractivity contribution is -0.136. The minimum Gasteiger partial charge on any atom is -0.493 e. The van der Waals surface area contributed by atoms with Crippen molar-refractivity contribution in [1.29, 1.82) is 0 Å². The van der Waals surface area contributed by atoms with E-state index in [0.29, 0.717) is 30.2 Å². The van der Waals surface area contributed by atoms with Crippen LogP contribution in [0.4, 0.5) is 0 Å². The van der Waals surface area contributed by atoms with Crippen molar-refractivity contribution in [3.8, 4) is 11.5 Å². The SMILES string of the molecule is COc1ccccc1OC[C@H]1c2ccsc2CCN1C(=O)CN(C(=O)c1ccccc1)C(C)C. The molecule has 4 rings (SSSR count). The molecule has 0 unspecified atom stereocenters. The van der Waals surface area contributed by atoms with Crippen LogP contribution in [-0.2, 0) is 11.2 Å². The maximum atomic E-state index is 13.6. The summed E-state index contributed by atoms with van der Waals surface area (Å²) in [4.78, 5) is 31.5. The van der Waals surface area contributed by atoms with E-state index in [2.05, 4.69) is 11.4 Å². The van der Waals surface area contributed by atoms with Crippen molar-refractivity contribution in [2.24, 2.45) is 0 Å². The van der Waals surface area contributed by atoms with E-state index in [1.807, 2.05) is 61.2 Å². The zero-order valence-corrected chi connectivity index (χ0v) is 20.6. The Morgan fingerprint density at radius 1 is 1.06 bits per heavy atom. The molecule has 34 heavy (non-hydrogen) atoms. The van der Waals surface area contributed by atoms with Gasteiger partial charge in [0.1, 0.15) is 13.2 Å². The van der Waals surface area contributed by atoms with E-state index in [1.54, 1.807) is 35.5 Å². The van der Waals surface area contributed by atoms with Crippen LogP contribution in [0.1, 0.15) is 40.7 Å². The van der Waals surface area contributed by atoms with Crippen molar-refractivity contribution in [2.45, 2.75) is 32.4 Å². The second kappa shape index (κ2) is 10.7. The maximum Gasteiger partial charge on any atom is 0.254 e. The first-order chi connectivity index (χ1) is 16.5. The fraction of sp³-hybridized carbons (Fsp3) is 0.333. The smallest absolute Gasteiger partial charge is 0.254 e. The Morgan fingerprint density at radius 2 is 1.76 bits per heavy atom. The van der Waals surface area contributed by atoms with Gasteiger partial charge in [0.2, 0.25) is 5.91 Å². The second-order valence-corrected chi connectivity index (χ2v) is 9.51. The molecule has 1 atom stereocenters. The van der Waals surface area contributed by atoms with Gasteiger partial charge in [-0.1, -0.05) is 30.3 Å². The third kappa shape index (κ3) is 5.09. The monoisotopic (exact) mass is 478 g/mol. The van der Waals surface area contributed by atoms with Crippen LogP contribution in [0.25, 0.3) is 0 Å². The summed E-state index contributed by atoms with van der Waals surface area (Å²) >= 11 is 1.71. The van der Waals surface area contributed by atoms with Crippen LogP contribution < -0.4 is 9.47 Å². The number of thiophene rings is 1. The molecule has 0 fully saturated rings. The lowest BCUT2D eigenvalue weighted by Crippen LogP contribution is -2.49. The Kier molecular flexibility index (Phi) is 7.53. The maximum absolute atomic E-state index is 13.6. The minimum atomic E-state index is -0.228. The third-order valence-corrected chi connectivity index (χ3v) is 7.09. The largest absolute Gasteiger partial charge is 0.493 e. The molecule has 0 spiro atoms. The van der Waals surface area contributed by atoms with E-state index in [0.717, 1.165) is 12.0 Å². The normalized spacial score (nSPS) is 15.1. The van der Waals surface area contributed by atoms with Crippen LogP contribution in [0.5, 0.6) is 11.5 Å². The molecule has 178 valence electrons. The number of rotatable bonds is 8. The molecule has 0 aliphatic carbocycles. The van der Waals surface area contributed by atoms with Gasteiger partial charge in [0.25, 0.3) is 5.91 Å². The summed E-state index contributed by atoms with van der Waals surface area (Å²) in [6.07, 6.45) is 0.804. The van der Waals surface area contributed by atoms with E-state index in [9.17, 15) is 9.59 Å². The van der Waals surface area contributed by atoms with E-state index in [4.69, 9.17) is 9.47 Å². The number of fused-ring (bicyclic) bond motifs is 1. The molecule has 7 heteroatoms. The molecule has 0 N–H and O–H groups in total. The van der Waals surface area contributed by atoms with Crippen molar-refractivity contribution < 1.29 is 19.1 Å². The highest BCUT2D eigenvalue weighted by Crippen LogP contribution is 2.35. The first kappa shape index (κ1) is 23.8. The first-order valence-corrected chi connectivity index (χ1v) is 12.3. The summed E-state index contributed by atoms with van der Waals surface area (Å²) in [6, 6.07) is 18.3. The van der Waals surface area contributed by atoms with Crippen molar-refractivity contribution in [3.05, 3.63) is 82.0 Å².